The molecule has 2 nitrogen and oxygen atoms in total. The molecule has 0 spiro atoms. The van der Waals surface area contributed by atoms with Gasteiger partial charge in [0, 0.05) is 17.0 Å². The molecule has 2 unspecified atom stereocenters. The first kappa shape index (κ1) is 18.3. The van der Waals surface area contributed by atoms with Gasteiger partial charge < -0.3 is 10.1 Å². The molecule has 120 valence electrons. The molecule has 1 N–H and O–H groups in total. The second kappa shape index (κ2) is 10.1. The molecule has 2 atom stereocenters. The van der Waals surface area contributed by atoms with Gasteiger partial charge in [-0.25, -0.2) is 4.39 Å². The lowest BCUT2D eigenvalue weighted by atomic mass is 10.1. The number of benzene rings is 1. The third-order valence-electron chi connectivity index (χ3n) is 3.57. The summed E-state index contributed by atoms with van der Waals surface area (Å²) in [5, 5.41) is 4.18. The molecule has 0 aromatic heterocycles. The summed E-state index contributed by atoms with van der Waals surface area (Å²) in [6.45, 7) is 7.57. The summed E-state index contributed by atoms with van der Waals surface area (Å²) in [6.07, 6.45) is 2.95. The number of hydrogen-bond donors (Lipinski definition) is 1. The van der Waals surface area contributed by atoms with Gasteiger partial charge in [-0.05, 0) is 37.4 Å². The normalized spacial score (nSPS) is 14.0. The van der Waals surface area contributed by atoms with Crippen molar-refractivity contribution < 1.29 is 9.13 Å². The lowest BCUT2D eigenvalue weighted by Gasteiger charge is -2.20. The molecule has 0 heterocycles. The lowest BCUT2D eigenvalue weighted by molar-refractivity contribution is 0.383. The first-order valence-corrected chi connectivity index (χ1v) is 8.83. The van der Waals surface area contributed by atoms with Crippen LogP contribution in [0.4, 0.5) is 4.39 Å². The molecule has 0 fully saturated rings. The Morgan fingerprint density at radius 2 is 2.10 bits per heavy atom. The molecule has 0 aliphatic carbocycles. The summed E-state index contributed by atoms with van der Waals surface area (Å²) < 4.78 is 19.3. The molecule has 0 bridgehead atoms. The quantitative estimate of drug-likeness (QED) is 0.697. The van der Waals surface area contributed by atoms with Gasteiger partial charge in [-0.1, -0.05) is 32.9 Å². The molecule has 0 amide bonds. The number of hydrogen-bond acceptors (Lipinski definition) is 3. The lowest BCUT2D eigenvalue weighted by Crippen LogP contribution is -2.34. The van der Waals surface area contributed by atoms with E-state index in [1.165, 1.54) is 13.5 Å². The number of methoxy groups -OCH3 is 1. The smallest absolute Gasteiger partial charge is 0.168 e. The van der Waals surface area contributed by atoms with Crippen LogP contribution in [0.2, 0.25) is 0 Å². The van der Waals surface area contributed by atoms with Gasteiger partial charge in [0.2, 0.25) is 0 Å². The number of rotatable bonds is 10. The Morgan fingerprint density at radius 1 is 1.33 bits per heavy atom. The van der Waals surface area contributed by atoms with Crippen LogP contribution < -0.4 is 10.1 Å². The van der Waals surface area contributed by atoms with Crippen LogP contribution in [0.25, 0.3) is 0 Å². The summed E-state index contributed by atoms with van der Waals surface area (Å²) in [4.78, 5) is 0. The van der Waals surface area contributed by atoms with Crippen molar-refractivity contribution in [2.24, 2.45) is 0 Å². The second-order valence-electron chi connectivity index (χ2n) is 5.34. The van der Waals surface area contributed by atoms with Gasteiger partial charge >= 0.3 is 0 Å². The van der Waals surface area contributed by atoms with Gasteiger partial charge in [0.1, 0.15) is 0 Å². The Balaban J connectivity index is 2.70. The van der Waals surface area contributed by atoms with Crippen molar-refractivity contribution >= 4 is 11.8 Å². The average Bonchev–Trinajstić information content (AvgIpc) is 2.51. The minimum atomic E-state index is -0.225. The van der Waals surface area contributed by atoms with Crippen LogP contribution in [-0.4, -0.2) is 30.7 Å². The Morgan fingerprint density at radius 3 is 2.71 bits per heavy atom. The van der Waals surface area contributed by atoms with Crippen LogP contribution in [0.3, 0.4) is 0 Å². The van der Waals surface area contributed by atoms with E-state index in [1.807, 2.05) is 23.9 Å². The highest BCUT2D eigenvalue weighted by molar-refractivity contribution is 7.99. The molecular weight excluding hydrogens is 285 g/mol. The van der Waals surface area contributed by atoms with Gasteiger partial charge in [0.05, 0.1) is 7.11 Å². The van der Waals surface area contributed by atoms with Gasteiger partial charge in [-0.3, -0.25) is 0 Å². The average molecular weight is 313 g/mol. The number of halogens is 1. The maximum atomic E-state index is 14.3. The number of thioether (sulfide) groups is 1. The van der Waals surface area contributed by atoms with E-state index < -0.39 is 0 Å². The molecule has 4 heteroatoms. The van der Waals surface area contributed by atoms with E-state index in [4.69, 9.17) is 4.74 Å². The second-order valence-corrected chi connectivity index (χ2v) is 6.81. The van der Waals surface area contributed by atoms with Crippen molar-refractivity contribution in [2.75, 3.05) is 19.4 Å². The molecule has 0 aliphatic heterocycles. The molecular formula is C17H28FNOS. The topological polar surface area (TPSA) is 21.3 Å². The summed E-state index contributed by atoms with van der Waals surface area (Å²) in [5.74, 6) is 1.11. The molecule has 0 saturated carbocycles. The highest BCUT2D eigenvalue weighted by Crippen LogP contribution is 2.22. The van der Waals surface area contributed by atoms with Gasteiger partial charge in [-0.15, -0.1) is 0 Å². The third-order valence-corrected chi connectivity index (χ3v) is 5.07. The fourth-order valence-corrected chi connectivity index (χ4v) is 3.11. The number of nitrogens with one attached hydrogen (secondary N) is 1. The van der Waals surface area contributed by atoms with E-state index in [9.17, 15) is 4.39 Å². The predicted molar refractivity (Wildman–Crippen MR) is 90.9 cm³/mol. The van der Waals surface area contributed by atoms with Gasteiger partial charge in [-0.2, -0.15) is 11.8 Å². The van der Waals surface area contributed by atoms with Crippen molar-refractivity contribution in [2.45, 2.75) is 51.3 Å². The Kier molecular flexibility index (Phi) is 8.77. The van der Waals surface area contributed by atoms with Crippen molar-refractivity contribution in [3.8, 4) is 5.75 Å². The summed E-state index contributed by atoms with van der Waals surface area (Å²) in [6, 6.07) is 5.68. The summed E-state index contributed by atoms with van der Waals surface area (Å²) in [7, 11) is 1.51. The zero-order valence-electron chi connectivity index (χ0n) is 13.6. The first-order chi connectivity index (χ1) is 10.1. The van der Waals surface area contributed by atoms with E-state index in [0.29, 0.717) is 23.5 Å². The molecule has 1 aromatic rings. The van der Waals surface area contributed by atoms with Crippen molar-refractivity contribution in [1.82, 2.24) is 5.32 Å². The van der Waals surface area contributed by atoms with Crippen LogP contribution in [0.1, 0.15) is 39.2 Å². The van der Waals surface area contributed by atoms with Crippen LogP contribution in [0.5, 0.6) is 5.75 Å². The number of ether oxygens (including phenoxy) is 1. The predicted octanol–water partition coefficient (Wildman–Crippen LogP) is 4.28. The fourth-order valence-electron chi connectivity index (χ4n) is 2.07. The fraction of sp³-hybridized carbons (Fsp3) is 0.647. The Hall–Kier alpha value is -0.740. The van der Waals surface area contributed by atoms with Crippen LogP contribution in [0.15, 0.2) is 18.2 Å². The van der Waals surface area contributed by atoms with Gasteiger partial charge in [0.15, 0.2) is 11.6 Å². The van der Waals surface area contributed by atoms with Crippen LogP contribution >= 0.6 is 11.8 Å². The third kappa shape index (κ3) is 6.27. The van der Waals surface area contributed by atoms with E-state index in [2.05, 4.69) is 26.1 Å². The standard InChI is InChI=1S/C17H28FNOS/c1-5-10-19-15(12-21-13(3)6-2)11-14-8-7-9-16(20-4)17(14)18/h7-9,13,15,19H,5-6,10-12H2,1-4H3. The van der Waals surface area contributed by atoms with E-state index in [1.54, 1.807) is 6.07 Å². The molecule has 0 saturated heterocycles. The minimum Gasteiger partial charge on any atom is -0.494 e. The maximum Gasteiger partial charge on any atom is 0.168 e. The van der Waals surface area contributed by atoms with E-state index in [0.717, 1.165) is 24.3 Å². The van der Waals surface area contributed by atoms with Crippen molar-refractivity contribution in [3.63, 3.8) is 0 Å². The van der Waals surface area contributed by atoms with Crippen LogP contribution in [0, 0.1) is 5.82 Å². The highest BCUT2D eigenvalue weighted by atomic mass is 32.2. The summed E-state index contributed by atoms with van der Waals surface area (Å²) in [5.41, 5.74) is 0.729. The van der Waals surface area contributed by atoms with Crippen molar-refractivity contribution in [1.29, 1.82) is 0 Å². The maximum absolute atomic E-state index is 14.3. The van der Waals surface area contributed by atoms with E-state index >= 15 is 0 Å². The monoisotopic (exact) mass is 313 g/mol. The first-order valence-electron chi connectivity index (χ1n) is 7.78. The molecule has 1 aromatic carbocycles. The Labute approximate surface area is 132 Å². The summed E-state index contributed by atoms with van der Waals surface area (Å²) >= 11 is 1.95. The zero-order valence-corrected chi connectivity index (χ0v) is 14.4. The Bertz CT molecular complexity index is 414. The zero-order chi connectivity index (χ0) is 15.7. The van der Waals surface area contributed by atoms with Crippen LogP contribution in [-0.2, 0) is 6.42 Å². The highest BCUT2D eigenvalue weighted by Gasteiger charge is 2.15. The minimum absolute atomic E-state index is 0.225. The van der Waals surface area contributed by atoms with Gasteiger partial charge in [0.25, 0.3) is 0 Å². The van der Waals surface area contributed by atoms with E-state index in [-0.39, 0.29) is 5.82 Å². The molecule has 1 rings (SSSR count). The molecule has 0 radical (unpaired) electrons. The molecule has 0 aliphatic rings. The molecule has 21 heavy (non-hydrogen) atoms. The van der Waals surface area contributed by atoms with Crippen molar-refractivity contribution in [3.05, 3.63) is 29.6 Å². The largest absolute Gasteiger partial charge is 0.494 e. The SMILES string of the molecule is CCCNC(CSC(C)CC)Cc1cccc(OC)c1F.